The molecule has 0 unspecified atom stereocenters. The van der Waals surface area contributed by atoms with Crippen LogP contribution < -0.4 is 20.1 Å². The third-order valence-electron chi connectivity index (χ3n) is 4.53. The summed E-state index contributed by atoms with van der Waals surface area (Å²) < 4.78 is 61.6. The molecular weight excluding hydrogens is 468 g/mol. The molecule has 0 saturated heterocycles. The Kier molecular flexibility index (Phi) is 5.75. The highest BCUT2D eigenvalue weighted by Gasteiger charge is 2.65. The van der Waals surface area contributed by atoms with Crippen molar-refractivity contribution in [2.24, 2.45) is 0 Å². The Hall–Kier alpha value is -3.60. The minimum Gasteiger partial charge on any atom is -0.421 e. The SMILES string of the molecule is Cc1cc(CNc2ccccc2C(=O)Nc2ccc3c(c2)OC(F)(F)C(F)(F)O3)nc(Cl)n1. The predicted octanol–water partition coefficient (Wildman–Crippen LogP) is 5.26. The topological polar surface area (TPSA) is 85.4 Å². The van der Waals surface area contributed by atoms with Crippen LogP contribution >= 0.6 is 11.6 Å². The summed E-state index contributed by atoms with van der Waals surface area (Å²) in [6.07, 6.45) is -9.68. The number of anilines is 2. The molecule has 3 aromatic rings. The average molecular weight is 483 g/mol. The van der Waals surface area contributed by atoms with E-state index in [4.69, 9.17) is 11.6 Å². The van der Waals surface area contributed by atoms with Crippen LogP contribution in [0, 0.1) is 6.92 Å². The van der Waals surface area contributed by atoms with Crippen molar-refractivity contribution < 1.29 is 31.8 Å². The molecule has 172 valence electrons. The summed E-state index contributed by atoms with van der Waals surface area (Å²) in [5, 5.41) is 5.70. The number of aryl methyl sites for hydroxylation is 1. The molecule has 1 aromatic heterocycles. The largest absolute Gasteiger partial charge is 0.507 e. The number of nitrogens with zero attached hydrogens (tertiary/aromatic N) is 2. The van der Waals surface area contributed by atoms with Gasteiger partial charge in [0.15, 0.2) is 11.5 Å². The van der Waals surface area contributed by atoms with E-state index in [2.05, 4.69) is 30.1 Å². The Bertz CT molecular complexity index is 1210. The van der Waals surface area contributed by atoms with Crippen LogP contribution in [-0.2, 0) is 6.54 Å². The zero-order valence-electron chi connectivity index (χ0n) is 16.8. The molecule has 0 radical (unpaired) electrons. The van der Waals surface area contributed by atoms with Crippen LogP contribution in [0.4, 0.5) is 28.9 Å². The Labute approximate surface area is 189 Å². The number of hydrogen-bond acceptors (Lipinski definition) is 6. The lowest BCUT2D eigenvalue weighted by molar-refractivity contribution is -0.391. The lowest BCUT2D eigenvalue weighted by Gasteiger charge is -2.31. The van der Waals surface area contributed by atoms with Crippen molar-refractivity contribution in [3.8, 4) is 11.5 Å². The van der Waals surface area contributed by atoms with Crippen LogP contribution in [0.15, 0.2) is 48.5 Å². The summed E-state index contributed by atoms with van der Waals surface area (Å²) >= 11 is 5.87. The van der Waals surface area contributed by atoms with Crippen LogP contribution in [-0.4, -0.2) is 28.1 Å². The van der Waals surface area contributed by atoms with Crippen molar-refractivity contribution in [2.75, 3.05) is 10.6 Å². The van der Waals surface area contributed by atoms with Crippen molar-refractivity contribution in [3.05, 3.63) is 70.8 Å². The minimum absolute atomic E-state index is 0.0383. The van der Waals surface area contributed by atoms with Gasteiger partial charge in [-0.1, -0.05) is 12.1 Å². The Morgan fingerprint density at radius 3 is 2.42 bits per heavy atom. The van der Waals surface area contributed by atoms with Crippen LogP contribution in [0.1, 0.15) is 21.7 Å². The predicted molar refractivity (Wildman–Crippen MR) is 111 cm³/mol. The molecular formula is C21H15ClF4N4O3. The van der Waals surface area contributed by atoms with Gasteiger partial charge < -0.3 is 20.1 Å². The maximum absolute atomic E-state index is 13.4. The summed E-state index contributed by atoms with van der Waals surface area (Å²) in [5.74, 6) is -1.79. The first-order chi connectivity index (χ1) is 15.5. The second kappa shape index (κ2) is 8.39. The molecule has 7 nitrogen and oxygen atoms in total. The monoisotopic (exact) mass is 482 g/mol. The third-order valence-corrected chi connectivity index (χ3v) is 4.70. The fourth-order valence-corrected chi connectivity index (χ4v) is 3.29. The number of rotatable bonds is 5. The molecule has 0 atom stereocenters. The molecule has 1 aliphatic rings. The van der Waals surface area contributed by atoms with Gasteiger partial charge in [0.05, 0.1) is 17.8 Å². The van der Waals surface area contributed by atoms with Crippen LogP contribution in [0.25, 0.3) is 0 Å². The number of nitrogens with one attached hydrogen (secondary N) is 2. The zero-order chi connectivity index (χ0) is 23.8. The normalized spacial score (nSPS) is 15.6. The fourth-order valence-electron chi connectivity index (χ4n) is 3.05. The third kappa shape index (κ3) is 4.77. The summed E-state index contributed by atoms with van der Waals surface area (Å²) in [7, 11) is 0. The number of alkyl halides is 4. The summed E-state index contributed by atoms with van der Waals surface area (Å²) in [6.45, 7) is 2.02. The van der Waals surface area contributed by atoms with Crippen molar-refractivity contribution in [2.45, 2.75) is 25.7 Å². The summed E-state index contributed by atoms with van der Waals surface area (Å²) in [5.41, 5.74) is 2.02. The second-order valence-corrected chi connectivity index (χ2v) is 7.36. The van der Waals surface area contributed by atoms with Gasteiger partial charge in [0.1, 0.15) is 0 Å². The van der Waals surface area contributed by atoms with Gasteiger partial charge in [-0.25, -0.2) is 9.97 Å². The summed E-state index contributed by atoms with van der Waals surface area (Å²) in [4.78, 5) is 20.9. The number of para-hydroxylation sites is 1. The first-order valence-electron chi connectivity index (χ1n) is 9.46. The number of hydrogen-bond donors (Lipinski definition) is 2. The van der Waals surface area contributed by atoms with Crippen molar-refractivity contribution in [3.63, 3.8) is 0 Å². The smallest absolute Gasteiger partial charge is 0.421 e. The molecule has 2 aromatic carbocycles. The summed E-state index contributed by atoms with van der Waals surface area (Å²) in [6, 6.07) is 11.5. The molecule has 2 heterocycles. The molecule has 2 N–H and O–H groups in total. The molecule has 33 heavy (non-hydrogen) atoms. The van der Waals surface area contributed by atoms with Crippen molar-refractivity contribution >= 4 is 28.9 Å². The quantitative estimate of drug-likeness (QED) is 0.381. The molecule has 0 spiro atoms. The molecule has 0 saturated carbocycles. The lowest BCUT2D eigenvalue weighted by Crippen LogP contribution is -2.52. The molecule has 4 rings (SSSR count). The number of aromatic nitrogens is 2. The lowest BCUT2D eigenvalue weighted by atomic mass is 10.1. The number of amides is 1. The van der Waals surface area contributed by atoms with Crippen LogP contribution in [0.2, 0.25) is 5.28 Å². The van der Waals surface area contributed by atoms with Crippen LogP contribution in [0.5, 0.6) is 11.5 Å². The van der Waals surface area contributed by atoms with Gasteiger partial charge in [-0.3, -0.25) is 4.79 Å². The highest BCUT2D eigenvalue weighted by atomic mass is 35.5. The molecule has 12 heteroatoms. The number of carbonyl (C=O) groups is 1. The van der Waals surface area contributed by atoms with E-state index in [9.17, 15) is 22.4 Å². The van der Waals surface area contributed by atoms with E-state index in [1.807, 2.05) is 0 Å². The van der Waals surface area contributed by atoms with E-state index in [-0.39, 0.29) is 23.1 Å². The molecule has 1 aliphatic heterocycles. The van der Waals surface area contributed by atoms with Crippen molar-refractivity contribution in [1.82, 2.24) is 9.97 Å². The van der Waals surface area contributed by atoms with Gasteiger partial charge in [-0.15, -0.1) is 0 Å². The number of carbonyl (C=O) groups excluding carboxylic acids is 1. The van der Waals surface area contributed by atoms with Crippen molar-refractivity contribution in [1.29, 1.82) is 0 Å². The fraction of sp³-hybridized carbons (Fsp3) is 0.190. The number of benzene rings is 2. The second-order valence-electron chi connectivity index (χ2n) is 7.02. The maximum Gasteiger partial charge on any atom is 0.507 e. The zero-order valence-corrected chi connectivity index (χ0v) is 17.6. The minimum atomic E-state index is -4.86. The highest BCUT2D eigenvalue weighted by molar-refractivity contribution is 6.28. The van der Waals surface area contributed by atoms with E-state index >= 15 is 0 Å². The van der Waals surface area contributed by atoms with Crippen LogP contribution in [0.3, 0.4) is 0 Å². The van der Waals surface area contributed by atoms with Gasteiger partial charge >= 0.3 is 12.2 Å². The van der Waals surface area contributed by atoms with Gasteiger partial charge in [0, 0.05) is 23.1 Å². The van der Waals surface area contributed by atoms with E-state index in [0.717, 1.165) is 12.1 Å². The molecule has 0 fully saturated rings. The molecule has 0 aliphatic carbocycles. The number of ether oxygens (including phenoxy) is 2. The van der Waals surface area contributed by atoms with E-state index in [1.165, 1.54) is 6.07 Å². The van der Waals surface area contributed by atoms with E-state index in [1.54, 1.807) is 37.3 Å². The highest BCUT2D eigenvalue weighted by Crippen LogP contribution is 2.47. The Morgan fingerprint density at radius 1 is 1.00 bits per heavy atom. The first-order valence-corrected chi connectivity index (χ1v) is 9.84. The Balaban J connectivity index is 1.51. The standard InChI is InChI=1S/C21H15ClF4N4O3/c1-11-8-13(30-19(22)28-11)10-27-15-5-3-2-4-14(15)18(31)29-12-6-7-16-17(9-12)33-21(25,26)20(23,24)32-16/h2-9,27H,10H2,1H3,(H,29,31). The van der Waals surface area contributed by atoms with Gasteiger partial charge in [0.2, 0.25) is 5.28 Å². The van der Waals surface area contributed by atoms with Gasteiger partial charge in [0.25, 0.3) is 5.91 Å². The van der Waals surface area contributed by atoms with Gasteiger partial charge in [-0.05, 0) is 48.9 Å². The first kappa shape index (κ1) is 22.6. The van der Waals surface area contributed by atoms with E-state index in [0.29, 0.717) is 17.1 Å². The van der Waals surface area contributed by atoms with E-state index < -0.39 is 29.6 Å². The maximum atomic E-state index is 13.4. The number of halogens is 5. The Morgan fingerprint density at radius 2 is 1.70 bits per heavy atom. The van der Waals surface area contributed by atoms with Gasteiger partial charge in [-0.2, -0.15) is 17.6 Å². The number of fused-ring (bicyclic) bond motifs is 1. The average Bonchev–Trinajstić information content (AvgIpc) is 2.72. The molecule has 1 amide bonds. The molecule has 0 bridgehead atoms.